The van der Waals surface area contributed by atoms with Gasteiger partial charge in [0.25, 0.3) is 0 Å². The number of piperidine rings is 1. The van der Waals surface area contributed by atoms with Gasteiger partial charge in [-0.3, -0.25) is 0 Å². The smallest absolute Gasteiger partial charge is 0.223 e. The molecule has 0 aromatic carbocycles. The average Bonchev–Trinajstić information content (AvgIpc) is 2.28. The molecule has 1 aliphatic rings. The molecule has 0 spiro atoms. The molecule has 1 aromatic heterocycles. The Morgan fingerprint density at radius 2 is 1.82 bits per heavy atom. The number of aromatic nitrogens is 2. The molecule has 1 aliphatic heterocycles. The summed E-state index contributed by atoms with van der Waals surface area (Å²) in [7, 11) is 0. The first kappa shape index (κ1) is 12.3. The normalized spacial score (nSPS) is 18.3. The van der Waals surface area contributed by atoms with Crippen molar-refractivity contribution in [2.75, 3.05) is 25.0 Å². The van der Waals surface area contributed by atoms with Crippen LogP contribution in [0.4, 0.5) is 5.95 Å². The standard InChI is InChI=1S/C13H22N4/c1-4-17-7-5-12(6-8-17)16-13-14-10(2)9-11(3)15-13/h9,12H,4-8H2,1-3H3,(H,14,15,16). The monoisotopic (exact) mass is 234 g/mol. The molecule has 1 N–H and O–H groups in total. The highest BCUT2D eigenvalue weighted by Gasteiger charge is 2.18. The molecule has 1 fully saturated rings. The fourth-order valence-corrected chi connectivity index (χ4v) is 2.37. The molecule has 0 saturated carbocycles. The topological polar surface area (TPSA) is 41.0 Å². The molecule has 1 saturated heterocycles. The van der Waals surface area contributed by atoms with Crippen LogP contribution in [0.15, 0.2) is 6.07 Å². The van der Waals surface area contributed by atoms with Crippen molar-refractivity contribution >= 4 is 5.95 Å². The van der Waals surface area contributed by atoms with Crippen LogP contribution >= 0.6 is 0 Å². The molecule has 4 heteroatoms. The molecule has 2 rings (SSSR count). The van der Waals surface area contributed by atoms with Crippen LogP contribution in [0, 0.1) is 13.8 Å². The molecule has 0 bridgehead atoms. The Hall–Kier alpha value is -1.16. The third-order valence-corrected chi connectivity index (χ3v) is 3.35. The van der Waals surface area contributed by atoms with Gasteiger partial charge in [-0.2, -0.15) is 0 Å². The third-order valence-electron chi connectivity index (χ3n) is 3.35. The van der Waals surface area contributed by atoms with Crippen molar-refractivity contribution in [1.82, 2.24) is 14.9 Å². The minimum atomic E-state index is 0.527. The Labute approximate surface area is 103 Å². The number of hydrogen-bond donors (Lipinski definition) is 1. The van der Waals surface area contributed by atoms with E-state index in [1.165, 1.54) is 25.9 Å². The first-order valence-corrected chi connectivity index (χ1v) is 6.48. The Bertz CT molecular complexity index is 349. The predicted octanol–water partition coefficient (Wildman–Crippen LogP) is 1.99. The number of aryl methyl sites for hydroxylation is 2. The van der Waals surface area contributed by atoms with E-state index in [0.29, 0.717) is 6.04 Å². The summed E-state index contributed by atoms with van der Waals surface area (Å²) in [5, 5.41) is 3.46. The highest BCUT2D eigenvalue weighted by Crippen LogP contribution is 2.14. The van der Waals surface area contributed by atoms with Gasteiger partial charge in [0.05, 0.1) is 0 Å². The molecule has 0 amide bonds. The van der Waals surface area contributed by atoms with Crippen molar-refractivity contribution in [2.45, 2.75) is 39.7 Å². The van der Waals surface area contributed by atoms with Gasteiger partial charge in [-0.1, -0.05) is 6.92 Å². The van der Waals surface area contributed by atoms with Crippen LogP contribution in [-0.2, 0) is 0 Å². The van der Waals surface area contributed by atoms with Gasteiger partial charge >= 0.3 is 0 Å². The number of nitrogens with one attached hydrogen (secondary N) is 1. The van der Waals surface area contributed by atoms with Gasteiger partial charge < -0.3 is 10.2 Å². The number of anilines is 1. The van der Waals surface area contributed by atoms with Gasteiger partial charge in [-0.15, -0.1) is 0 Å². The van der Waals surface area contributed by atoms with Gasteiger partial charge in [0.1, 0.15) is 0 Å². The van der Waals surface area contributed by atoms with Gasteiger partial charge in [-0.25, -0.2) is 9.97 Å². The predicted molar refractivity (Wildman–Crippen MR) is 70.3 cm³/mol. The van der Waals surface area contributed by atoms with Crippen LogP contribution in [0.25, 0.3) is 0 Å². The quantitative estimate of drug-likeness (QED) is 0.868. The molecule has 0 atom stereocenters. The van der Waals surface area contributed by atoms with Gasteiger partial charge in [0.15, 0.2) is 0 Å². The van der Waals surface area contributed by atoms with E-state index in [1.54, 1.807) is 0 Å². The second-order valence-electron chi connectivity index (χ2n) is 4.83. The first-order valence-electron chi connectivity index (χ1n) is 6.48. The summed E-state index contributed by atoms with van der Waals surface area (Å²) in [5.74, 6) is 0.789. The van der Waals surface area contributed by atoms with E-state index in [2.05, 4.69) is 27.1 Å². The number of hydrogen-bond acceptors (Lipinski definition) is 4. The third kappa shape index (κ3) is 3.40. The van der Waals surface area contributed by atoms with E-state index in [9.17, 15) is 0 Å². The zero-order valence-corrected chi connectivity index (χ0v) is 11.0. The molecule has 17 heavy (non-hydrogen) atoms. The number of nitrogens with zero attached hydrogens (tertiary/aromatic N) is 3. The second-order valence-corrected chi connectivity index (χ2v) is 4.83. The average molecular weight is 234 g/mol. The van der Waals surface area contributed by atoms with Crippen LogP contribution in [-0.4, -0.2) is 40.5 Å². The van der Waals surface area contributed by atoms with Crippen LogP contribution in [0.5, 0.6) is 0 Å². The van der Waals surface area contributed by atoms with Crippen LogP contribution in [0.2, 0.25) is 0 Å². The number of likely N-dealkylation sites (tertiary alicyclic amines) is 1. The maximum absolute atomic E-state index is 4.43. The van der Waals surface area contributed by atoms with Crippen molar-refractivity contribution in [3.63, 3.8) is 0 Å². The Morgan fingerprint density at radius 1 is 1.24 bits per heavy atom. The maximum Gasteiger partial charge on any atom is 0.223 e. The zero-order valence-electron chi connectivity index (χ0n) is 11.0. The molecule has 0 unspecified atom stereocenters. The Balaban J connectivity index is 1.93. The highest BCUT2D eigenvalue weighted by molar-refractivity contribution is 5.29. The molecule has 4 nitrogen and oxygen atoms in total. The summed E-state index contributed by atoms with van der Waals surface area (Å²) in [6.45, 7) is 9.77. The lowest BCUT2D eigenvalue weighted by molar-refractivity contribution is 0.229. The summed E-state index contributed by atoms with van der Waals surface area (Å²) in [4.78, 5) is 11.3. The van der Waals surface area contributed by atoms with E-state index in [0.717, 1.165) is 23.9 Å². The summed E-state index contributed by atoms with van der Waals surface area (Å²) in [6, 6.07) is 2.53. The summed E-state index contributed by atoms with van der Waals surface area (Å²) >= 11 is 0. The Morgan fingerprint density at radius 3 is 2.35 bits per heavy atom. The van der Waals surface area contributed by atoms with E-state index in [-0.39, 0.29) is 0 Å². The van der Waals surface area contributed by atoms with Gasteiger partial charge in [-0.05, 0) is 39.3 Å². The van der Waals surface area contributed by atoms with Crippen molar-refractivity contribution in [3.8, 4) is 0 Å². The first-order chi connectivity index (χ1) is 8.17. The van der Waals surface area contributed by atoms with Crippen LogP contribution in [0.3, 0.4) is 0 Å². The van der Waals surface area contributed by atoms with Crippen molar-refractivity contribution in [1.29, 1.82) is 0 Å². The SMILES string of the molecule is CCN1CCC(Nc2nc(C)cc(C)n2)CC1. The molecule has 94 valence electrons. The van der Waals surface area contributed by atoms with E-state index < -0.39 is 0 Å². The molecule has 0 radical (unpaired) electrons. The van der Waals surface area contributed by atoms with E-state index >= 15 is 0 Å². The summed E-state index contributed by atoms with van der Waals surface area (Å²) in [5.41, 5.74) is 2.07. The highest BCUT2D eigenvalue weighted by atomic mass is 15.2. The molecule has 2 heterocycles. The summed E-state index contributed by atoms with van der Waals surface area (Å²) < 4.78 is 0. The fraction of sp³-hybridized carbons (Fsp3) is 0.692. The lowest BCUT2D eigenvalue weighted by Crippen LogP contribution is -2.39. The van der Waals surface area contributed by atoms with Crippen molar-refractivity contribution in [2.24, 2.45) is 0 Å². The lowest BCUT2D eigenvalue weighted by Gasteiger charge is -2.31. The van der Waals surface area contributed by atoms with Gasteiger partial charge in [0.2, 0.25) is 5.95 Å². The fourth-order valence-electron chi connectivity index (χ4n) is 2.37. The molecular formula is C13H22N4. The molecule has 1 aromatic rings. The second kappa shape index (κ2) is 5.45. The zero-order chi connectivity index (χ0) is 12.3. The van der Waals surface area contributed by atoms with Crippen LogP contribution < -0.4 is 5.32 Å². The summed E-state index contributed by atoms with van der Waals surface area (Å²) in [6.07, 6.45) is 2.37. The van der Waals surface area contributed by atoms with Gasteiger partial charge in [0, 0.05) is 30.5 Å². The molecular weight excluding hydrogens is 212 g/mol. The van der Waals surface area contributed by atoms with Crippen molar-refractivity contribution in [3.05, 3.63) is 17.5 Å². The van der Waals surface area contributed by atoms with E-state index in [4.69, 9.17) is 0 Å². The minimum Gasteiger partial charge on any atom is -0.351 e. The molecule has 0 aliphatic carbocycles. The Kier molecular flexibility index (Phi) is 3.94. The largest absolute Gasteiger partial charge is 0.351 e. The lowest BCUT2D eigenvalue weighted by atomic mass is 10.1. The van der Waals surface area contributed by atoms with Crippen LogP contribution in [0.1, 0.15) is 31.2 Å². The van der Waals surface area contributed by atoms with E-state index in [1.807, 2.05) is 19.9 Å². The van der Waals surface area contributed by atoms with Crippen molar-refractivity contribution < 1.29 is 0 Å². The maximum atomic E-state index is 4.43. The minimum absolute atomic E-state index is 0.527. The number of rotatable bonds is 3.